The maximum Gasteiger partial charge on any atom is 0.237 e. The van der Waals surface area contributed by atoms with Crippen molar-refractivity contribution in [3.05, 3.63) is 70.3 Å². The topological polar surface area (TPSA) is 116 Å². The number of carbonyl (C=O) groups is 1. The maximum absolute atomic E-state index is 12.9. The molecule has 34 heavy (non-hydrogen) atoms. The summed E-state index contributed by atoms with van der Waals surface area (Å²) in [6, 6.07) is 17.7. The van der Waals surface area contributed by atoms with Gasteiger partial charge in [0.25, 0.3) is 0 Å². The van der Waals surface area contributed by atoms with Crippen molar-refractivity contribution in [2.45, 2.75) is 50.8 Å². The predicted octanol–water partition coefficient (Wildman–Crippen LogP) is 5.93. The number of nitriles is 2. The smallest absolute Gasteiger partial charge is 0.237 e. The van der Waals surface area contributed by atoms with Gasteiger partial charge in [-0.2, -0.15) is 10.5 Å². The largest absolute Gasteiger partial charge is 0.383 e. The molecule has 1 heterocycles. The third-order valence-corrected chi connectivity index (χ3v) is 6.80. The number of nitrogens with one attached hydrogen (secondary N) is 1. The van der Waals surface area contributed by atoms with E-state index in [1.165, 1.54) is 0 Å². The second-order valence-corrected chi connectivity index (χ2v) is 9.81. The fraction of sp³-hybridized carbons (Fsp3) is 0.259. The van der Waals surface area contributed by atoms with Crippen LogP contribution in [-0.2, 0) is 4.79 Å². The van der Waals surface area contributed by atoms with Gasteiger partial charge in [-0.3, -0.25) is 4.79 Å². The molecule has 3 rings (SSSR count). The van der Waals surface area contributed by atoms with Crippen LogP contribution in [0.1, 0.15) is 54.5 Å². The average Bonchev–Trinajstić information content (AvgIpc) is 2.81. The first kappa shape index (κ1) is 24.8. The number of aryl methyl sites for hydroxylation is 2. The van der Waals surface area contributed by atoms with Crippen molar-refractivity contribution in [1.82, 2.24) is 4.98 Å². The van der Waals surface area contributed by atoms with Crippen LogP contribution in [0.5, 0.6) is 0 Å². The number of thioether (sulfide) groups is 1. The highest BCUT2D eigenvalue weighted by molar-refractivity contribution is 8.00. The number of nitrogen functional groups attached to an aromatic ring is 1. The number of pyridine rings is 1. The number of amides is 1. The summed E-state index contributed by atoms with van der Waals surface area (Å²) in [7, 11) is 0. The highest BCUT2D eigenvalue weighted by atomic mass is 32.2. The van der Waals surface area contributed by atoms with Crippen LogP contribution < -0.4 is 11.1 Å². The van der Waals surface area contributed by atoms with E-state index < -0.39 is 5.25 Å². The number of nitrogens with zero attached hydrogens (tertiary/aromatic N) is 3. The number of hydrogen-bond donors (Lipinski definition) is 2. The molecule has 3 N–H and O–H groups in total. The molecule has 0 saturated carbocycles. The van der Waals surface area contributed by atoms with E-state index in [-0.39, 0.29) is 22.9 Å². The summed E-state index contributed by atoms with van der Waals surface area (Å²) >= 11 is 1.14. The number of hydrogen-bond acceptors (Lipinski definition) is 6. The molecule has 0 radical (unpaired) electrons. The summed E-state index contributed by atoms with van der Waals surface area (Å²) < 4.78 is 0. The normalized spacial score (nSPS) is 11.5. The molecule has 0 aliphatic heterocycles. The van der Waals surface area contributed by atoms with E-state index in [4.69, 9.17) is 5.73 Å². The molecule has 2 aromatic carbocycles. The van der Waals surface area contributed by atoms with Gasteiger partial charge in [-0.15, -0.1) is 0 Å². The Balaban J connectivity index is 1.97. The monoisotopic (exact) mass is 469 g/mol. The molecular weight excluding hydrogens is 442 g/mol. The Bertz CT molecular complexity index is 1320. The van der Waals surface area contributed by atoms with E-state index in [9.17, 15) is 15.3 Å². The van der Waals surface area contributed by atoms with E-state index in [2.05, 4.69) is 36.3 Å². The quantitative estimate of drug-likeness (QED) is 0.432. The highest BCUT2D eigenvalue weighted by Gasteiger charge is 2.24. The molecule has 0 spiro atoms. The van der Waals surface area contributed by atoms with Crippen molar-refractivity contribution in [2.24, 2.45) is 0 Å². The Morgan fingerprint density at radius 3 is 2.21 bits per heavy atom. The molecular formula is C27H27N5OS. The summed E-state index contributed by atoms with van der Waals surface area (Å²) in [5.41, 5.74) is 11.7. The summed E-state index contributed by atoms with van der Waals surface area (Å²) in [5.74, 6) is 0.170. The standard InChI is InChI=1S/C27H27N5OS/c1-15(2)19-7-9-20(10-8-19)24-22(13-28)25(30)32-27(23(24)14-29)34-18(5)26(33)31-21-11-6-16(3)17(4)12-21/h6-12,15,18H,1-5H3,(H2,30,32)(H,31,33). The van der Waals surface area contributed by atoms with Gasteiger partial charge in [0.1, 0.15) is 28.5 Å². The molecule has 6 nitrogen and oxygen atoms in total. The lowest BCUT2D eigenvalue weighted by Crippen LogP contribution is -2.23. The van der Waals surface area contributed by atoms with Gasteiger partial charge >= 0.3 is 0 Å². The third kappa shape index (κ3) is 5.22. The zero-order chi connectivity index (χ0) is 25.0. The van der Waals surface area contributed by atoms with Crippen molar-refractivity contribution in [1.29, 1.82) is 10.5 Å². The van der Waals surface area contributed by atoms with Crippen LogP contribution in [0.4, 0.5) is 11.5 Å². The fourth-order valence-corrected chi connectivity index (χ4v) is 4.41. The number of carbonyl (C=O) groups excluding carboxylic acids is 1. The molecule has 0 aliphatic carbocycles. The molecule has 1 atom stereocenters. The first-order chi connectivity index (χ1) is 16.2. The van der Waals surface area contributed by atoms with Gasteiger partial charge in [-0.1, -0.05) is 55.9 Å². The maximum atomic E-state index is 12.9. The first-order valence-corrected chi connectivity index (χ1v) is 11.8. The van der Waals surface area contributed by atoms with Crippen molar-refractivity contribution in [3.8, 4) is 23.3 Å². The van der Waals surface area contributed by atoms with E-state index >= 15 is 0 Å². The minimum Gasteiger partial charge on any atom is -0.383 e. The van der Waals surface area contributed by atoms with Crippen molar-refractivity contribution in [2.75, 3.05) is 11.1 Å². The summed E-state index contributed by atoms with van der Waals surface area (Å²) in [4.78, 5) is 17.2. The fourth-order valence-electron chi connectivity index (χ4n) is 3.49. The zero-order valence-electron chi connectivity index (χ0n) is 19.9. The highest BCUT2D eigenvalue weighted by Crippen LogP contribution is 2.37. The van der Waals surface area contributed by atoms with Gasteiger partial charge in [-0.05, 0) is 61.1 Å². The molecule has 1 unspecified atom stereocenters. The van der Waals surface area contributed by atoms with Crippen molar-refractivity contribution >= 4 is 29.2 Å². The summed E-state index contributed by atoms with van der Waals surface area (Å²) in [5, 5.41) is 22.4. The molecule has 0 fully saturated rings. The van der Waals surface area contributed by atoms with Gasteiger partial charge in [0.15, 0.2) is 0 Å². The SMILES string of the molecule is Cc1ccc(NC(=O)C(C)Sc2nc(N)c(C#N)c(-c3ccc(C(C)C)cc3)c2C#N)cc1C. The Morgan fingerprint density at radius 1 is 1.00 bits per heavy atom. The summed E-state index contributed by atoms with van der Waals surface area (Å²) in [6.07, 6.45) is 0. The molecule has 172 valence electrons. The predicted molar refractivity (Wildman–Crippen MR) is 137 cm³/mol. The molecule has 7 heteroatoms. The van der Waals surface area contributed by atoms with Crippen LogP contribution in [-0.4, -0.2) is 16.1 Å². The van der Waals surface area contributed by atoms with Gasteiger partial charge in [0, 0.05) is 11.3 Å². The van der Waals surface area contributed by atoms with Gasteiger partial charge in [0.05, 0.1) is 10.8 Å². The lowest BCUT2D eigenvalue weighted by atomic mass is 9.94. The van der Waals surface area contributed by atoms with Gasteiger partial charge in [0.2, 0.25) is 5.91 Å². The number of benzene rings is 2. The minimum atomic E-state index is -0.551. The molecule has 1 amide bonds. The van der Waals surface area contributed by atoms with E-state index in [1.54, 1.807) is 6.92 Å². The van der Waals surface area contributed by atoms with Crippen LogP contribution in [0.2, 0.25) is 0 Å². The Morgan fingerprint density at radius 2 is 1.65 bits per heavy atom. The first-order valence-electron chi connectivity index (χ1n) is 10.9. The number of aromatic nitrogens is 1. The molecule has 0 aliphatic rings. The van der Waals surface area contributed by atoms with Crippen LogP contribution in [0.25, 0.3) is 11.1 Å². The van der Waals surface area contributed by atoms with E-state index in [0.29, 0.717) is 27.8 Å². The second-order valence-electron chi connectivity index (χ2n) is 8.48. The number of anilines is 2. The van der Waals surface area contributed by atoms with Gasteiger partial charge in [-0.25, -0.2) is 4.98 Å². The minimum absolute atomic E-state index is 0.0358. The van der Waals surface area contributed by atoms with Crippen LogP contribution >= 0.6 is 11.8 Å². The average molecular weight is 470 g/mol. The third-order valence-electron chi connectivity index (χ3n) is 5.71. The molecule has 0 bridgehead atoms. The molecule has 1 aromatic heterocycles. The summed E-state index contributed by atoms with van der Waals surface area (Å²) in [6.45, 7) is 9.94. The Hall–Kier alpha value is -3.81. The van der Waals surface area contributed by atoms with Crippen LogP contribution in [0, 0.1) is 36.5 Å². The van der Waals surface area contributed by atoms with Crippen molar-refractivity contribution < 1.29 is 4.79 Å². The second kappa shape index (κ2) is 10.4. The van der Waals surface area contributed by atoms with Crippen LogP contribution in [0.15, 0.2) is 47.5 Å². The Labute approximate surface area is 204 Å². The number of rotatable bonds is 6. The van der Waals surface area contributed by atoms with Crippen molar-refractivity contribution in [3.63, 3.8) is 0 Å². The van der Waals surface area contributed by atoms with Crippen LogP contribution in [0.3, 0.4) is 0 Å². The lowest BCUT2D eigenvalue weighted by molar-refractivity contribution is -0.115. The number of nitrogens with two attached hydrogens (primary N) is 1. The molecule has 3 aromatic rings. The lowest BCUT2D eigenvalue weighted by Gasteiger charge is -2.16. The van der Waals surface area contributed by atoms with E-state index in [1.807, 2.05) is 56.3 Å². The molecule has 0 saturated heterocycles. The Kier molecular flexibility index (Phi) is 7.61. The van der Waals surface area contributed by atoms with Gasteiger partial charge < -0.3 is 11.1 Å². The zero-order valence-corrected chi connectivity index (χ0v) is 20.7. The van der Waals surface area contributed by atoms with E-state index in [0.717, 1.165) is 28.5 Å².